The van der Waals surface area contributed by atoms with Crippen LogP contribution < -0.4 is 10.6 Å². The molecular formula is C18H23ClN4O2. The number of fused-ring (bicyclic) bond motifs is 2. The van der Waals surface area contributed by atoms with Crippen molar-refractivity contribution in [2.45, 2.75) is 43.8 Å². The van der Waals surface area contributed by atoms with Crippen LogP contribution in [0.5, 0.6) is 0 Å². The zero-order valence-electron chi connectivity index (χ0n) is 14.1. The number of piperidine rings is 1. The van der Waals surface area contributed by atoms with Crippen LogP contribution in [-0.4, -0.2) is 59.5 Å². The summed E-state index contributed by atoms with van der Waals surface area (Å²) in [6.45, 7) is 2.12. The highest BCUT2D eigenvalue weighted by molar-refractivity contribution is 6.30. The highest BCUT2D eigenvalue weighted by atomic mass is 35.5. The molecule has 1 unspecified atom stereocenters. The fraction of sp³-hybridized carbons (Fsp3) is 0.556. The van der Waals surface area contributed by atoms with Gasteiger partial charge in [0.1, 0.15) is 0 Å². The summed E-state index contributed by atoms with van der Waals surface area (Å²) in [5.74, 6) is 0.111. The molecule has 3 saturated heterocycles. The molecule has 1 aromatic rings. The van der Waals surface area contributed by atoms with Crippen LogP contribution in [0.2, 0.25) is 5.02 Å². The smallest absolute Gasteiger partial charge is 0.322 e. The van der Waals surface area contributed by atoms with E-state index in [0.29, 0.717) is 17.6 Å². The lowest BCUT2D eigenvalue weighted by Crippen LogP contribution is -2.57. The van der Waals surface area contributed by atoms with Gasteiger partial charge in [0.25, 0.3) is 0 Å². The molecule has 3 aliphatic rings. The van der Waals surface area contributed by atoms with Crippen molar-refractivity contribution in [2.24, 2.45) is 0 Å². The molecule has 2 bridgehead atoms. The van der Waals surface area contributed by atoms with Crippen molar-refractivity contribution in [2.75, 3.05) is 25.0 Å². The van der Waals surface area contributed by atoms with Crippen LogP contribution in [0.4, 0.5) is 10.5 Å². The zero-order chi connectivity index (χ0) is 17.4. The maximum Gasteiger partial charge on any atom is 0.322 e. The maximum atomic E-state index is 12.8. The number of urea groups is 1. The van der Waals surface area contributed by atoms with Gasteiger partial charge in [-0.3, -0.25) is 9.69 Å². The average molecular weight is 363 g/mol. The van der Waals surface area contributed by atoms with E-state index >= 15 is 0 Å². The number of carbonyl (C=O) groups excluding carboxylic acids is 2. The molecule has 2 N–H and O–H groups in total. The molecule has 0 aliphatic carbocycles. The first-order chi connectivity index (χ1) is 12.1. The van der Waals surface area contributed by atoms with Crippen LogP contribution in [0.15, 0.2) is 24.3 Å². The van der Waals surface area contributed by atoms with Crippen molar-refractivity contribution in [3.63, 3.8) is 0 Å². The molecule has 3 heterocycles. The molecule has 25 heavy (non-hydrogen) atoms. The van der Waals surface area contributed by atoms with Crippen LogP contribution in [0.3, 0.4) is 0 Å². The van der Waals surface area contributed by atoms with E-state index < -0.39 is 0 Å². The number of benzene rings is 1. The Kier molecular flexibility index (Phi) is 4.56. The molecule has 0 spiro atoms. The number of anilines is 1. The second-order valence-corrected chi connectivity index (χ2v) is 7.61. The number of hydrogen-bond acceptors (Lipinski definition) is 3. The molecule has 0 saturated carbocycles. The highest BCUT2D eigenvalue weighted by Crippen LogP contribution is 2.38. The van der Waals surface area contributed by atoms with Crippen molar-refractivity contribution in [3.05, 3.63) is 29.3 Å². The summed E-state index contributed by atoms with van der Waals surface area (Å²) in [4.78, 5) is 28.7. The molecule has 3 amide bonds. The maximum absolute atomic E-state index is 12.8. The number of piperazine rings is 1. The molecule has 6 nitrogen and oxygen atoms in total. The summed E-state index contributed by atoms with van der Waals surface area (Å²) < 4.78 is 0. The Balaban J connectivity index is 1.41. The number of carbonyl (C=O) groups is 2. The lowest BCUT2D eigenvalue weighted by Gasteiger charge is -2.44. The third kappa shape index (κ3) is 3.46. The van der Waals surface area contributed by atoms with E-state index in [1.165, 1.54) is 0 Å². The standard InChI is InChI=1S/C18H23ClN4O2/c19-12-2-1-3-13(8-12)21-18(25)23-14-4-5-15(23)10-16(9-14)22-7-6-20-17(24)11-22/h1-3,8,14-16H,4-7,9-11H2,(H,20,24)(H,21,25)/t14-,15+,16?. The van der Waals surface area contributed by atoms with E-state index in [4.69, 9.17) is 11.6 Å². The molecule has 4 rings (SSSR count). The first-order valence-corrected chi connectivity index (χ1v) is 9.33. The van der Waals surface area contributed by atoms with Gasteiger partial charge in [-0.1, -0.05) is 17.7 Å². The molecule has 3 atom stereocenters. The van der Waals surface area contributed by atoms with E-state index in [2.05, 4.69) is 15.5 Å². The minimum atomic E-state index is -0.0374. The highest BCUT2D eigenvalue weighted by Gasteiger charge is 2.45. The molecule has 7 heteroatoms. The number of rotatable bonds is 2. The topological polar surface area (TPSA) is 64.7 Å². The van der Waals surface area contributed by atoms with Crippen LogP contribution in [0, 0.1) is 0 Å². The summed E-state index contributed by atoms with van der Waals surface area (Å²) in [6.07, 6.45) is 3.99. The van der Waals surface area contributed by atoms with Gasteiger partial charge in [0.2, 0.25) is 5.91 Å². The largest absolute Gasteiger partial charge is 0.354 e. The monoisotopic (exact) mass is 362 g/mol. The lowest BCUT2D eigenvalue weighted by molar-refractivity contribution is -0.125. The van der Waals surface area contributed by atoms with E-state index in [0.717, 1.165) is 44.5 Å². The second-order valence-electron chi connectivity index (χ2n) is 7.18. The minimum Gasteiger partial charge on any atom is -0.354 e. The van der Waals surface area contributed by atoms with Gasteiger partial charge in [0.05, 0.1) is 6.54 Å². The van der Waals surface area contributed by atoms with Crippen molar-refractivity contribution < 1.29 is 9.59 Å². The second kappa shape index (κ2) is 6.84. The van der Waals surface area contributed by atoms with Gasteiger partial charge >= 0.3 is 6.03 Å². The Morgan fingerprint density at radius 3 is 2.64 bits per heavy atom. The molecule has 0 aromatic heterocycles. The summed E-state index contributed by atoms with van der Waals surface area (Å²) in [6, 6.07) is 8.12. The van der Waals surface area contributed by atoms with Gasteiger partial charge in [-0.05, 0) is 43.9 Å². The van der Waals surface area contributed by atoms with Crippen LogP contribution in [-0.2, 0) is 4.79 Å². The third-order valence-corrected chi connectivity index (χ3v) is 5.84. The number of nitrogens with zero attached hydrogens (tertiary/aromatic N) is 2. The Morgan fingerprint density at radius 1 is 1.20 bits per heavy atom. The first-order valence-electron chi connectivity index (χ1n) is 8.96. The predicted molar refractivity (Wildman–Crippen MR) is 96.7 cm³/mol. The van der Waals surface area contributed by atoms with Crippen molar-refractivity contribution in [3.8, 4) is 0 Å². The van der Waals surface area contributed by atoms with Gasteiger partial charge in [0, 0.05) is 41.9 Å². The average Bonchev–Trinajstić information content (AvgIpc) is 2.85. The van der Waals surface area contributed by atoms with E-state index in [1.54, 1.807) is 12.1 Å². The molecule has 3 aliphatic heterocycles. The van der Waals surface area contributed by atoms with Crippen molar-refractivity contribution in [1.29, 1.82) is 0 Å². The summed E-state index contributed by atoms with van der Waals surface area (Å²) in [5, 5.41) is 6.48. The van der Waals surface area contributed by atoms with Crippen LogP contribution >= 0.6 is 11.6 Å². The summed E-state index contributed by atoms with van der Waals surface area (Å²) in [5.41, 5.74) is 0.728. The Labute approximate surface area is 152 Å². The van der Waals surface area contributed by atoms with E-state index in [-0.39, 0.29) is 24.0 Å². The van der Waals surface area contributed by atoms with Crippen molar-refractivity contribution >= 4 is 29.2 Å². The Morgan fingerprint density at radius 2 is 1.96 bits per heavy atom. The fourth-order valence-electron chi connectivity index (χ4n) is 4.50. The Hall–Kier alpha value is -1.79. The normalized spacial score (nSPS) is 29.4. The van der Waals surface area contributed by atoms with Gasteiger partial charge in [-0.25, -0.2) is 4.79 Å². The van der Waals surface area contributed by atoms with Gasteiger partial charge < -0.3 is 15.5 Å². The Bertz CT molecular complexity index is 669. The lowest BCUT2D eigenvalue weighted by atomic mass is 9.95. The van der Waals surface area contributed by atoms with E-state index in [9.17, 15) is 9.59 Å². The van der Waals surface area contributed by atoms with Crippen LogP contribution in [0.25, 0.3) is 0 Å². The number of hydrogen-bond donors (Lipinski definition) is 2. The zero-order valence-corrected chi connectivity index (χ0v) is 14.8. The summed E-state index contributed by atoms with van der Waals surface area (Å²) in [7, 11) is 0. The predicted octanol–water partition coefficient (Wildman–Crippen LogP) is 2.30. The minimum absolute atomic E-state index is 0.0374. The molecule has 3 fully saturated rings. The molecule has 1 aromatic carbocycles. The van der Waals surface area contributed by atoms with Gasteiger partial charge in [0.15, 0.2) is 0 Å². The number of halogens is 1. The van der Waals surface area contributed by atoms with E-state index in [1.807, 2.05) is 17.0 Å². The number of amides is 3. The molecular weight excluding hydrogens is 340 g/mol. The third-order valence-electron chi connectivity index (χ3n) is 5.60. The van der Waals surface area contributed by atoms with Crippen molar-refractivity contribution in [1.82, 2.24) is 15.1 Å². The fourth-order valence-corrected chi connectivity index (χ4v) is 4.69. The molecule has 134 valence electrons. The first kappa shape index (κ1) is 16.7. The summed E-state index contributed by atoms with van der Waals surface area (Å²) >= 11 is 6.00. The van der Waals surface area contributed by atoms with Crippen LogP contribution in [0.1, 0.15) is 25.7 Å². The number of nitrogens with one attached hydrogen (secondary N) is 2. The van der Waals surface area contributed by atoms with Gasteiger partial charge in [-0.2, -0.15) is 0 Å². The quantitative estimate of drug-likeness (QED) is 0.848. The van der Waals surface area contributed by atoms with Gasteiger partial charge in [-0.15, -0.1) is 0 Å². The SMILES string of the molecule is O=C1CN(C2C[C@H]3CC[C@@H](C2)N3C(=O)Nc2cccc(Cl)c2)CCN1. The molecule has 0 radical (unpaired) electrons.